The molecule has 2 aromatic rings. The van der Waals surface area contributed by atoms with Crippen molar-refractivity contribution in [1.29, 1.82) is 0 Å². The molecule has 1 heterocycles. The maximum atomic E-state index is 11.6. The number of unbranched alkanes of at least 4 members (excludes halogenated alkanes) is 2. The summed E-state index contributed by atoms with van der Waals surface area (Å²) in [6, 6.07) is 8.30. The van der Waals surface area contributed by atoms with Crippen LogP contribution < -0.4 is 4.74 Å². The number of esters is 1. The highest BCUT2D eigenvalue weighted by Crippen LogP contribution is 2.18. The predicted molar refractivity (Wildman–Crippen MR) is 100 cm³/mol. The van der Waals surface area contributed by atoms with Crippen LogP contribution >= 0.6 is 0 Å². The lowest BCUT2D eigenvalue weighted by Crippen LogP contribution is -2.04. The first-order chi connectivity index (χ1) is 12.2. The van der Waals surface area contributed by atoms with Gasteiger partial charge in [0.25, 0.3) is 0 Å². The number of nitrogens with zero attached hydrogens (tertiary/aromatic N) is 2. The fraction of sp³-hybridized carbons (Fsp3) is 0.286. The van der Waals surface area contributed by atoms with Gasteiger partial charge in [-0.1, -0.05) is 62.3 Å². The van der Waals surface area contributed by atoms with E-state index in [0.29, 0.717) is 11.6 Å². The maximum absolute atomic E-state index is 11.6. The normalized spacial score (nSPS) is 11.3. The number of rotatable bonds is 8. The summed E-state index contributed by atoms with van der Waals surface area (Å²) < 4.78 is 5.14. The monoisotopic (exact) mass is 336 g/mol. The quantitative estimate of drug-likeness (QED) is 0.297. The Morgan fingerprint density at radius 3 is 2.44 bits per heavy atom. The van der Waals surface area contributed by atoms with Crippen LogP contribution in [0.2, 0.25) is 0 Å². The Kier molecular flexibility index (Phi) is 7.57. The van der Waals surface area contributed by atoms with Gasteiger partial charge in [-0.05, 0) is 25.3 Å². The highest BCUT2D eigenvalue weighted by molar-refractivity contribution is 5.84. The largest absolute Gasteiger partial charge is 0.420 e. The number of aromatic nitrogens is 2. The molecule has 0 spiro atoms. The zero-order valence-corrected chi connectivity index (χ0v) is 14.8. The van der Waals surface area contributed by atoms with Crippen LogP contribution in [0.25, 0.3) is 11.4 Å². The van der Waals surface area contributed by atoms with E-state index in [1.165, 1.54) is 43.3 Å². The van der Waals surface area contributed by atoms with Crippen LogP contribution in [0.5, 0.6) is 5.75 Å². The van der Waals surface area contributed by atoms with Crippen molar-refractivity contribution in [1.82, 2.24) is 9.97 Å². The molecule has 0 unspecified atom stereocenters. The number of carbonyl (C=O) groups is 1. The third-order valence-corrected chi connectivity index (χ3v) is 3.66. The van der Waals surface area contributed by atoms with Gasteiger partial charge in [-0.3, -0.25) is 0 Å². The molecule has 0 atom stereocenters. The van der Waals surface area contributed by atoms with Crippen molar-refractivity contribution in [3.05, 3.63) is 66.5 Å². The molecule has 1 aromatic carbocycles. The average Bonchev–Trinajstić information content (AvgIpc) is 2.63. The molecule has 0 amide bonds. The Bertz CT molecular complexity index is 717. The molecule has 2 rings (SSSR count). The molecule has 0 aliphatic rings. The Hall–Kier alpha value is -2.75. The highest BCUT2D eigenvalue weighted by Gasteiger charge is 2.05. The SMILES string of the molecule is CC=CC=CC(=O)Oc1cnc(-c2ccc(CCCCC)cc2)nc1. The van der Waals surface area contributed by atoms with E-state index in [4.69, 9.17) is 4.74 Å². The zero-order valence-electron chi connectivity index (χ0n) is 14.8. The fourth-order valence-electron chi connectivity index (χ4n) is 2.31. The van der Waals surface area contributed by atoms with E-state index in [1.807, 2.05) is 25.1 Å². The second-order valence-electron chi connectivity index (χ2n) is 5.70. The molecule has 0 saturated heterocycles. The smallest absolute Gasteiger partial charge is 0.336 e. The maximum Gasteiger partial charge on any atom is 0.336 e. The topological polar surface area (TPSA) is 52.1 Å². The molecule has 130 valence electrons. The van der Waals surface area contributed by atoms with Gasteiger partial charge in [-0.25, -0.2) is 14.8 Å². The van der Waals surface area contributed by atoms with Gasteiger partial charge in [0.1, 0.15) is 0 Å². The van der Waals surface area contributed by atoms with Crippen LogP contribution in [-0.4, -0.2) is 15.9 Å². The van der Waals surface area contributed by atoms with Crippen LogP contribution in [0, 0.1) is 0 Å². The summed E-state index contributed by atoms with van der Waals surface area (Å²) in [5, 5.41) is 0. The Labute approximate surface area is 149 Å². The molecule has 0 aliphatic carbocycles. The van der Waals surface area contributed by atoms with Gasteiger partial charge in [-0.15, -0.1) is 0 Å². The predicted octanol–water partition coefficient (Wildman–Crippen LogP) is 4.91. The van der Waals surface area contributed by atoms with Crippen LogP contribution in [-0.2, 0) is 11.2 Å². The summed E-state index contributed by atoms with van der Waals surface area (Å²) in [7, 11) is 0. The first-order valence-corrected chi connectivity index (χ1v) is 8.65. The van der Waals surface area contributed by atoms with Gasteiger partial charge in [0.05, 0.1) is 12.4 Å². The third-order valence-electron chi connectivity index (χ3n) is 3.66. The number of ether oxygens (including phenoxy) is 1. The average molecular weight is 336 g/mol. The second-order valence-corrected chi connectivity index (χ2v) is 5.70. The molecule has 1 aromatic heterocycles. The van der Waals surface area contributed by atoms with Gasteiger partial charge in [0.2, 0.25) is 0 Å². The van der Waals surface area contributed by atoms with Gasteiger partial charge in [0, 0.05) is 11.6 Å². The van der Waals surface area contributed by atoms with E-state index >= 15 is 0 Å². The second kappa shape index (κ2) is 10.2. The van der Waals surface area contributed by atoms with Gasteiger partial charge < -0.3 is 4.74 Å². The Morgan fingerprint density at radius 2 is 1.80 bits per heavy atom. The van der Waals surface area contributed by atoms with Crippen LogP contribution in [0.3, 0.4) is 0 Å². The molecular weight excluding hydrogens is 312 g/mol. The van der Waals surface area contributed by atoms with Crippen molar-refractivity contribution >= 4 is 5.97 Å². The van der Waals surface area contributed by atoms with Crippen molar-refractivity contribution in [3.63, 3.8) is 0 Å². The molecule has 25 heavy (non-hydrogen) atoms. The summed E-state index contributed by atoms with van der Waals surface area (Å²) in [4.78, 5) is 20.1. The van der Waals surface area contributed by atoms with Gasteiger partial charge in [-0.2, -0.15) is 0 Å². The number of benzene rings is 1. The first-order valence-electron chi connectivity index (χ1n) is 8.65. The summed E-state index contributed by atoms with van der Waals surface area (Å²) in [5.41, 5.74) is 2.28. The summed E-state index contributed by atoms with van der Waals surface area (Å²) in [5.74, 6) is 0.491. The van der Waals surface area contributed by atoms with E-state index in [2.05, 4.69) is 29.0 Å². The van der Waals surface area contributed by atoms with E-state index < -0.39 is 5.97 Å². The van der Waals surface area contributed by atoms with E-state index in [9.17, 15) is 4.79 Å². The van der Waals surface area contributed by atoms with Crippen molar-refractivity contribution in [2.24, 2.45) is 0 Å². The number of carbonyl (C=O) groups excluding carboxylic acids is 1. The standard InChI is InChI=1S/C21H24N2O2/c1-3-5-7-9-17-11-13-18(14-12-17)21-22-15-19(16-23-21)25-20(24)10-8-6-4-2/h4,6,8,10-16H,3,5,7,9H2,1-2H3. The number of allylic oxidation sites excluding steroid dienone is 3. The summed E-state index contributed by atoms with van der Waals surface area (Å²) >= 11 is 0. The number of hydrogen-bond acceptors (Lipinski definition) is 4. The molecule has 4 heteroatoms. The van der Waals surface area contributed by atoms with Crippen LogP contribution in [0.4, 0.5) is 0 Å². The molecule has 0 bridgehead atoms. The van der Waals surface area contributed by atoms with E-state index in [-0.39, 0.29) is 0 Å². The summed E-state index contributed by atoms with van der Waals surface area (Å²) in [6.45, 7) is 4.08. The first kappa shape index (κ1) is 18.6. The lowest BCUT2D eigenvalue weighted by atomic mass is 10.1. The molecule has 4 nitrogen and oxygen atoms in total. The van der Waals surface area contributed by atoms with Gasteiger partial charge >= 0.3 is 5.97 Å². The van der Waals surface area contributed by atoms with Crippen molar-refractivity contribution in [3.8, 4) is 17.1 Å². The van der Waals surface area contributed by atoms with E-state index in [1.54, 1.807) is 12.2 Å². The zero-order chi connectivity index (χ0) is 17.9. The van der Waals surface area contributed by atoms with Crippen LogP contribution in [0.1, 0.15) is 38.7 Å². The Balaban J connectivity index is 1.96. The number of hydrogen-bond donors (Lipinski definition) is 0. The fourth-order valence-corrected chi connectivity index (χ4v) is 2.31. The minimum absolute atomic E-state index is 0.329. The highest BCUT2D eigenvalue weighted by atomic mass is 16.5. The molecule has 0 radical (unpaired) electrons. The van der Waals surface area contributed by atoms with Gasteiger partial charge in [0.15, 0.2) is 11.6 Å². The number of aryl methyl sites for hydroxylation is 1. The molecule has 0 aliphatic heterocycles. The summed E-state index contributed by atoms with van der Waals surface area (Å²) in [6.07, 6.45) is 14.4. The minimum Gasteiger partial charge on any atom is -0.420 e. The molecule has 0 fully saturated rings. The van der Waals surface area contributed by atoms with Crippen molar-refractivity contribution in [2.45, 2.75) is 39.5 Å². The van der Waals surface area contributed by atoms with Crippen molar-refractivity contribution < 1.29 is 9.53 Å². The molecular formula is C21H24N2O2. The lowest BCUT2D eigenvalue weighted by molar-refractivity contribution is -0.129. The van der Waals surface area contributed by atoms with Crippen LogP contribution in [0.15, 0.2) is 61.0 Å². The van der Waals surface area contributed by atoms with Crippen molar-refractivity contribution in [2.75, 3.05) is 0 Å². The minimum atomic E-state index is -0.453. The Morgan fingerprint density at radius 1 is 1.08 bits per heavy atom. The molecule has 0 saturated carbocycles. The lowest BCUT2D eigenvalue weighted by Gasteiger charge is -2.04. The molecule has 0 N–H and O–H groups in total. The van der Waals surface area contributed by atoms with E-state index in [0.717, 1.165) is 12.0 Å². The third kappa shape index (κ3) is 6.34.